The van der Waals surface area contributed by atoms with E-state index in [2.05, 4.69) is 0 Å². The van der Waals surface area contributed by atoms with Gasteiger partial charge in [-0.3, -0.25) is 9.59 Å². The van der Waals surface area contributed by atoms with Gasteiger partial charge in [-0.05, 0) is 44.9 Å². The second kappa shape index (κ2) is 6.48. The van der Waals surface area contributed by atoms with Gasteiger partial charge in [0.1, 0.15) is 5.75 Å². The van der Waals surface area contributed by atoms with Gasteiger partial charge in [-0.15, -0.1) is 0 Å². The number of aliphatic hydroxyl groups excluding tert-OH is 1. The van der Waals surface area contributed by atoms with E-state index in [-0.39, 0.29) is 18.3 Å². The molecule has 0 saturated carbocycles. The third kappa shape index (κ3) is 3.14. The molecule has 0 fully saturated rings. The number of carbonyl (C=O) groups is 2. The lowest BCUT2D eigenvalue weighted by Crippen LogP contribution is -2.52. The summed E-state index contributed by atoms with van der Waals surface area (Å²) >= 11 is 0. The Bertz CT molecular complexity index is 580. The Morgan fingerprint density at radius 3 is 2.73 bits per heavy atom. The molecule has 0 atom stereocenters. The first-order valence-electron chi connectivity index (χ1n) is 7.69. The highest BCUT2D eigenvalue weighted by atomic mass is 16.5. The first-order valence-corrected chi connectivity index (χ1v) is 7.69. The minimum Gasteiger partial charge on any atom is -0.476 e. The number of hydrogen-bond acceptors (Lipinski definition) is 4. The van der Waals surface area contributed by atoms with Crippen LogP contribution in [0.3, 0.4) is 0 Å². The number of Topliss-reactive ketones (excluding diaryl/α,β-unsaturated/α-hetero) is 1. The van der Waals surface area contributed by atoms with Crippen LogP contribution in [0, 0.1) is 0 Å². The average Bonchev–Trinajstić information content (AvgIpc) is 2.47. The molecule has 1 aromatic carbocycles. The van der Waals surface area contributed by atoms with E-state index in [9.17, 15) is 9.59 Å². The highest BCUT2D eigenvalue weighted by molar-refractivity contribution is 6.04. The maximum absolute atomic E-state index is 12.6. The quantitative estimate of drug-likeness (QED) is 0.820. The number of anilines is 1. The number of nitrogens with zero attached hydrogens (tertiary/aromatic N) is 1. The van der Waals surface area contributed by atoms with Crippen LogP contribution in [0.25, 0.3) is 0 Å². The van der Waals surface area contributed by atoms with Crippen molar-refractivity contribution in [1.82, 2.24) is 0 Å². The Labute approximate surface area is 130 Å². The molecule has 0 radical (unpaired) electrons. The Hall–Kier alpha value is -1.88. The van der Waals surface area contributed by atoms with Crippen molar-refractivity contribution in [1.29, 1.82) is 0 Å². The minimum atomic E-state index is -0.947. The molecule has 1 aliphatic rings. The largest absolute Gasteiger partial charge is 0.476 e. The second-order valence-electron chi connectivity index (χ2n) is 6.00. The van der Waals surface area contributed by atoms with Gasteiger partial charge in [0.15, 0.2) is 11.4 Å². The maximum atomic E-state index is 12.6. The molecule has 1 aliphatic heterocycles. The van der Waals surface area contributed by atoms with Gasteiger partial charge in [-0.1, -0.05) is 6.92 Å². The molecule has 0 saturated heterocycles. The van der Waals surface area contributed by atoms with E-state index in [4.69, 9.17) is 9.84 Å². The molecule has 22 heavy (non-hydrogen) atoms. The smallest absolute Gasteiger partial charge is 0.270 e. The molecular formula is C17H23NO4. The number of fused-ring (bicyclic) bond motifs is 1. The van der Waals surface area contributed by atoms with Crippen LogP contribution in [0.5, 0.6) is 5.75 Å². The maximum Gasteiger partial charge on any atom is 0.270 e. The molecule has 2 rings (SSSR count). The van der Waals surface area contributed by atoms with Crippen molar-refractivity contribution < 1.29 is 19.4 Å². The van der Waals surface area contributed by atoms with Crippen LogP contribution < -0.4 is 9.64 Å². The summed E-state index contributed by atoms with van der Waals surface area (Å²) in [4.78, 5) is 26.2. The molecule has 0 spiro atoms. The molecular weight excluding hydrogens is 282 g/mol. The molecule has 1 N–H and O–H groups in total. The van der Waals surface area contributed by atoms with Crippen LogP contribution in [0.2, 0.25) is 0 Å². The van der Waals surface area contributed by atoms with Gasteiger partial charge in [0.25, 0.3) is 5.91 Å². The van der Waals surface area contributed by atoms with Crippen LogP contribution in [0.1, 0.15) is 50.4 Å². The van der Waals surface area contributed by atoms with E-state index in [1.54, 1.807) is 36.9 Å². The molecule has 0 bridgehead atoms. The molecule has 5 nitrogen and oxygen atoms in total. The van der Waals surface area contributed by atoms with Crippen LogP contribution in [0.4, 0.5) is 5.69 Å². The number of ether oxygens (including phenoxy) is 1. The standard InChI is InChI=1S/C17H23NO4/c1-4-6-14(20)12-7-8-15-13(11-12)18(9-5-10-19)16(21)17(2,3)22-15/h7-8,11,19H,4-6,9-10H2,1-3H3. The summed E-state index contributed by atoms with van der Waals surface area (Å²) in [5.74, 6) is 0.494. The van der Waals surface area contributed by atoms with Gasteiger partial charge in [0.2, 0.25) is 0 Å². The molecule has 0 aromatic heterocycles. The summed E-state index contributed by atoms with van der Waals surface area (Å²) in [6.45, 7) is 5.81. The zero-order valence-corrected chi connectivity index (χ0v) is 13.4. The van der Waals surface area contributed by atoms with Gasteiger partial charge in [-0.2, -0.15) is 0 Å². The Balaban J connectivity index is 2.41. The van der Waals surface area contributed by atoms with Crippen LogP contribution in [-0.4, -0.2) is 35.5 Å². The van der Waals surface area contributed by atoms with Crippen LogP contribution in [-0.2, 0) is 4.79 Å². The Morgan fingerprint density at radius 2 is 2.09 bits per heavy atom. The topological polar surface area (TPSA) is 66.8 Å². The van der Waals surface area contributed by atoms with E-state index >= 15 is 0 Å². The second-order valence-corrected chi connectivity index (χ2v) is 6.00. The monoisotopic (exact) mass is 305 g/mol. The first-order chi connectivity index (χ1) is 10.4. The lowest BCUT2D eigenvalue weighted by Gasteiger charge is -2.39. The normalized spacial score (nSPS) is 16.2. The van der Waals surface area contributed by atoms with E-state index < -0.39 is 5.60 Å². The van der Waals surface area contributed by atoms with Crippen LogP contribution in [0.15, 0.2) is 18.2 Å². The van der Waals surface area contributed by atoms with Gasteiger partial charge in [0, 0.05) is 25.1 Å². The zero-order valence-electron chi connectivity index (χ0n) is 13.4. The van der Waals surface area contributed by atoms with Gasteiger partial charge >= 0.3 is 0 Å². The number of carbonyl (C=O) groups excluding carboxylic acids is 2. The van der Waals surface area contributed by atoms with E-state index in [0.717, 1.165) is 6.42 Å². The minimum absolute atomic E-state index is 0.00878. The number of rotatable bonds is 6. The van der Waals surface area contributed by atoms with Crippen molar-refractivity contribution in [2.45, 2.75) is 45.6 Å². The van der Waals surface area contributed by atoms with Crippen LogP contribution >= 0.6 is 0 Å². The summed E-state index contributed by atoms with van der Waals surface area (Å²) in [6.07, 6.45) is 1.75. The summed E-state index contributed by atoms with van der Waals surface area (Å²) in [5.41, 5.74) is 0.252. The lowest BCUT2D eigenvalue weighted by atomic mass is 10.0. The van der Waals surface area contributed by atoms with Gasteiger partial charge in [-0.25, -0.2) is 0 Å². The molecule has 1 aromatic rings. The van der Waals surface area contributed by atoms with Crippen molar-refractivity contribution in [2.24, 2.45) is 0 Å². The third-order valence-electron chi connectivity index (χ3n) is 3.71. The fourth-order valence-corrected chi connectivity index (χ4v) is 2.56. The highest BCUT2D eigenvalue weighted by Crippen LogP contribution is 2.38. The zero-order chi connectivity index (χ0) is 16.3. The predicted molar refractivity (Wildman–Crippen MR) is 84.4 cm³/mol. The van der Waals surface area contributed by atoms with Crippen molar-refractivity contribution in [3.63, 3.8) is 0 Å². The van der Waals surface area contributed by atoms with E-state index in [1.165, 1.54) is 0 Å². The summed E-state index contributed by atoms with van der Waals surface area (Å²) in [6, 6.07) is 5.21. The fourth-order valence-electron chi connectivity index (χ4n) is 2.56. The molecule has 0 aliphatic carbocycles. The number of benzene rings is 1. The van der Waals surface area contributed by atoms with Crippen molar-refractivity contribution in [3.8, 4) is 5.75 Å². The summed E-state index contributed by atoms with van der Waals surface area (Å²) in [7, 11) is 0. The fraction of sp³-hybridized carbons (Fsp3) is 0.529. The summed E-state index contributed by atoms with van der Waals surface area (Å²) in [5, 5.41) is 9.05. The third-order valence-corrected chi connectivity index (χ3v) is 3.71. The SMILES string of the molecule is CCCC(=O)c1ccc2c(c1)N(CCCO)C(=O)C(C)(C)O2. The first kappa shape index (κ1) is 16.5. The Morgan fingerprint density at radius 1 is 1.36 bits per heavy atom. The number of ketones is 1. The molecule has 1 heterocycles. The summed E-state index contributed by atoms with van der Waals surface area (Å²) < 4.78 is 5.77. The van der Waals surface area contributed by atoms with Gasteiger partial charge < -0.3 is 14.7 Å². The van der Waals surface area contributed by atoms with E-state index in [0.29, 0.717) is 36.4 Å². The van der Waals surface area contributed by atoms with E-state index in [1.807, 2.05) is 6.92 Å². The predicted octanol–water partition coefficient (Wildman–Crippen LogP) is 2.56. The molecule has 1 amide bonds. The molecule has 120 valence electrons. The van der Waals surface area contributed by atoms with Crippen molar-refractivity contribution >= 4 is 17.4 Å². The number of hydrogen-bond donors (Lipinski definition) is 1. The average molecular weight is 305 g/mol. The lowest BCUT2D eigenvalue weighted by molar-refractivity contribution is -0.132. The van der Waals surface area contributed by atoms with Crippen molar-refractivity contribution in [3.05, 3.63) is 23.8 Å². The number of amides is 1. The molecule has 0 unspecified atom stereocenters. The number of aliphatic hydroxyl groups is 1. The van der Waals surface area contributed by atoms with Crippen molar-refractivity contribution in [2.75, 3.05) is 18.1 Å². The highest BCUT2D eigenvalue weighted by Gasteiger charge is 2.40. The van der Waals surface area contributed by atoms with Gasteiger partial charge in [0.05, 0.1) is 5.69 Å². The Kier molecular flexibility index (Phi) is 4.86. The molecule has 5 heteroatoms.